The van der Waals surface area contributed by atoms with E-state index in [1.54, 1.807) is 24.3 Å². The maximum absolute atomic E-state index is 10.6. The summed E-state index contributed by atoms with van der Waals surface area (Å²) in [6.07, 6.45) is -9.73. The zero-order valence-electron chi connectivity index (χ0n) is 22.1. The first-order valence-electron chi connectivity index (χ1n) is 12.8. The summed E-state index contributed by atoms with van der Waals surface area (Å²) in [7, 11) is 4.26. The molecular formula is C27H34O13. The van der Waals surface area contributed by atoms with Crippen molar-refractivity contribution in [3.8, 4) is 28.7 Å². The number of rotatable bonds is 8. The maximum Gasteiger partial charge on any atom is 0.200 e. The lowest BCUT2D eigenvalue weighted by molar-refractivity contribution is -0.341. The molecule has 3 fully saturated rings. The summed E-state index contributed by atoms with van der Waals surface area (Å²) in [6.45, 7) is -0.375. The maximum atomic E-state index is 10.6. The molecule has 3 aliphatic rings. The van der Waals surface area contributed by atoms with Gasteiger partial charge in [-0.25, -0.2) is 0 Å². The monoisotopic (exact) mass is 566 g/mol. The standard InChI is InChI=1S/C27H34O13/c1-34-15-6-11(4-5-14(15)29)25-19-13(10-37-25)24(12-7-16(35-2)20(30)17(8-12)36-3)39-26(19)40-27-23(33)22(32)21(31)18(9-28)38-27/h4-8,13,18-19,21-33H,9-10H2,1-3H3. The van der Waals surface area contributed by atoms with Crippen molar-refractivity contribution in [2.45, 2.75) is 49.2 Å². The second-order valence-electron chi connectivity index (χ2n) is 9.96. The smallest absolute Gasteiger partial charge is 0.200 e. The van der Waals surface area contributed by atoms with Crippen LogP contribution in [0.15, 0.2) is 30.3 Å². The molecular weight excluding hydrogens is 532 g/mol. The van der Waals surface area contributed by atoms with Gasteiger partial charge in [0.2, 0.25) is 5.75 Å². The number of benzene rings is 2. The van der Waals surface area contributed by atoms with Gasteiger partial charge in [0.25, 0.3) is 0 Å². The summed E-state index contributed by atoms with van der Waals surface area (Å²) >= 11 is 0. The topological polar surface area (TPSA) is 186 Å². The van der Waals surface area contributed by atoms with E-state index in [0.717, 1.165) is 0 Å². The minimum Gasteiger partial charge on any atom is -0.504 e. The summed E-state index contributed by atoms with van der Waals surface area (Å²) in [6, 6.07) is 8.06. The lowest BCUT2D eigenvalue weighted by Gasteiger charge is -2.41. The van der Waals surface area contributed by atoms with Crippen LogP contribution in [0.2, 0.25) is 0 Å². The van der Waals surface area contributed by atoms with Crippen molar-refractivity contribution >= 4 is 0 Å². The average molecular weight is 567 g/mol. The van der Waals surface area contributed by atoms with Gasteiger partial charge in [-0.3, -0.25) is 0 Å². The first kappa shape index (κ1) is 28.6. The van der Waals surface area contributed by atoms with Gasteiger partial charge >= 0.3 is 0 Å². The molecule has 0 aromatic heterocycles. The van der Waals surface area contributed by atoms with E-state index in [2.05, 4.69) is 0 Å². The Labute approximate surface area is 230 Å². The van der Waals surface area contributed by atoms with E-state index in [0.29, 0.717) is 11.1 Å². The van der Waals surface area contributed by atoms with E-state index >= 15 is 0 Å². The summed E-state index contributed by atoms with van der Waals surface area (Å²) in [4.78, 5) is 0. The van der Waals surface area contributed by atoms with Gasteiger partial charge < -0.3 is 63.8 Å². The third-order valence-electron chi connectivity index (χ3n) is 7.78. The van der Waals surface area contributed by atoms with Crippen molar-refractivity contribution in [2.24, 2.45) is 11.8 Å². The molecule has 13 nitrogen and oxygen atoms in total. The number of methoxy groups -OCH3 is 3. The SMILES string of the molecule is COc1cc(C2OCC3C(c4cc(OC)c(O)c(OC)c4)OC(OC4OC(CO)C(O)C(O)C4O)C23)ccc1O. The fourth-order valence-electron chi connectivity index (χ4n) is 5.66. The summed E-state index contributed by atoms with van der Waals surface area (Å²) in [5.74, 6) is -0.415. The Hall–Kier alpha value is -2.88. The van der Waals surface area contributed by atoms with Gasteiger partial charge in [0.15, 0.2) is 35.6 Å². The number of hydrogen-bond acceptors (Lipinski definition) is 13. The Morgan fingerprint density at radius 3 is 2.05 bits per heavy atom. The van der Waals surface area contributed by atoms with Gasteiger partial charge in [0.05, 0.1) is 46.8 Å². The number of aliphatic hydroxyl groups is 4. The molecule has 10 unspecified atom stereocenters. The minimum absolute atomic E-state index is 0.0428. The number of phenols is 2. The Balaban J connectivity index is 1.51. The third-order valence-corrected chi connectivity index (χ3v) is 7.78. The van der Waals surface area contributed by atoms with Crippen molar-refractivity contribution in [2.75, 3.05) is 34.5 Å². The van der Waals surface area contributed by atoms with Gasteiger partial charge in [0, 0.05) is 11.8 Å². The molecule has 10 atom stereocenters. The number of aliphatic hydroxyl groups excluding tert-OH is 4. The molecule has 2 aromatic carbocycles. The van der Waals surface area contributed by atoms with Gasteiger partial charge in [-0.2, -0.15) is 0 Å². The molecule has 0 aliphatic carbocycles. The van der Waals surface area contributed by atoms with Crippen LogP contribution in [-0.2, 0) is 18.9 Å². The lowest BCUT2D eigenvalue weighted by Crippen LogP contribution is -2.60. The van der Waals surface area contributed by atoms with E-state index in [1.807, 2.05) is 0 Å². The van der Waals surface area contributed by atoms with Crippen molar-refractivity contribution in [3.63, 3.8) is 0 Å². The van der Waals surface area contributed by atoms with Gasteiger partial charge in [-0.15, -0.1) is 0 Å². The van der Waals surface area contributed by atoms with E-state index in [9.17, 15) is 30.6 Å². The fourth-order valence-corrected chi connectivity index (χ4v) is 5.66. The van der Waals surface area contributed by atoms with E-state index in [-0.39, 0.29) is 41.3 Å². The molecule has 3 heterocycles. The summed E-state index contributed by atoms with van der Waals surface area (Å²) in [5.41, 5.74) is 1.28. The molecule has 3 saturated heterocycles. The second kappa shape index (κ2) is 11.5. The highest BCUT2D eigenvalue weighted by Crippen LogP contribution is 2.55. The molecule has 0 saturated carbocycles. The van der Waals surface area contributed by atoms with Gasteiger partial charge in [0.1, 0.15) is 24.4 Å². The molecule has 13 heteroatoms. The van der Waals surface area contributed by atoms with Crippen LogP contribution in [0, 0.1) is 11.8 Å². The minimum atomic E-state index is -1.64. The lowest BCUT2D eigenvalue weighted by atomic mass is 9.84. The number of ether oxygens (including phenoxy) is 7. The molecule has 40 heavy (non-hydrogen) atoms. The highest BCUT2D eigenvalue weighted by atomic mass is 16.8. The normalized spacial score (nSPS) is 35.4. The predicted octanol–water partition coefficient (Wildman–Crippen LogP) is 0.341. The fraction of sp³-hybridized carbons (Fsp3) is 0.556. The number of phenolic OH excluding ortho intramolecular Hbond substituents is 2. The second-order valence-corrected chi connectivity index (χ2v) is 9.96. The zero-order valence-corrected chi connectivity index (χ0v) is 22.1. The van der Waals surface area contributed by atoms with E-state index in [1.165, 1.54) is 27.4 Å². The zero-order chi connectivity index (χ0) is 28.7. The van der Waals surface area contributed by atoms with Crippen LogP contribution < -0.4 is 14.2 Å². The summed E-state index contributed by atoms with van der Waals surface area (Å²) in [5, 5.41) is 61.2. The van der Waals surface area contributed by atoms with Crippen molar-refractivity contribution < 1.29 is 63.8 Å². The average Bonchev–Trinajstić information content (AvgIpc) is 3.55. The van der Waals surface area contributed by atoms with Gasteiger partial charge in [-0.1, -0.05) is 6.07 Å². The summed E-state index contributed by atoms with van der Waals surface area (Å²) < 4.78 is 40.2. The van der Waals surface area contributed by atoms with Crippen LogP contribution in [0.3, 0.4) is 0 Å². The van der Waals surface area contributed by atoms with Crippen molar-refractivity contribution in [1.82, 2.24) is 0 Å². The highest BCUT2D eigenvalue weighted by molar-refractivity contribution is 5.53. The van der Waals surface area contributed by atoms with Crippen LogP contribution in [0.4, 0.5) is 0 Å². The number of aromatic hydroxyl groups is 2. The molecule has 5 rings (SSSR count). The number of fused-ring (bicyclic) bond motifs is 1. The highest BCUT2D eigenvalue weighted by Gasteiger charge is 2.56. The number of hydrogen-bond donors (Lipinski definition) is 6. The Kier molecular flexibility index (Phi) is 8.27. The van der Waals surface area contributed by atoms with Crippen molar-refractivity contribution in [1.29, 1.82) is 0 Å². The molecule has 0 bridgehead atoms. The Bertz CT molecular complexity index is 1160. The Morgan fingerprint density at radius 2 is 1.43 bits per heavy atom. The van der Waals surface area contributed by atoms with Crippen LogP contribution >= 0.6 is 0 Å². The van der Waals surface area contributed by atoms with Crippen LogP contribution in [-0.4, -0.2) is 102 Å². The predicted molar refractivity (Wildman–Crippen MR) is 134 cm³/mol. The molecule has 2 aromatic rings. The Morgan fingerprint density at radius 1 is 0.775 bits per heavy atom. The molecule has 6 N–H and O–H groups in total. The third kappa shape index (κ3) is 4.92. The molecule has 220 valence electrons. The van der Waals surface area contributed by atoms with Crippen LogP contribution in [0.5, 0.6) is 28.7 Å². The van der Waals surface area contributed by atoms with Gasteiger partial charge in [-0.05, 0) is 35.4 Å². The van der Waals surface area contributed by atoms with Crippen molar-refractivity contribution in [3.05, 3.63) is 41.5 Å². The molecule has 0 spiro atoms. The largest absolute Gasteiger partial charge is 0.504 e. The quantitative estimate of drug-likeness (QED) is 0.257. The van der Waals surface area contributed by atoms with Crippen LogP contribution in [0.1, 0.15) is 23.3 Å². The van der Waals surface area contributed by atoms with Crippen LogP contribution in [0.25, 0.3) is 0 Å². The molecule has 0 amide bonds. The van der Waals surface area contributed by atoms with E-state index < -0.39 is 61.7 Å². The first-order chi connectivity index (χ1) is 19.2. The molecule has 0 radical (unpaired) electrons. The first-order valence-corrected chi connectivity index (χ1v) is 12.8. The molecule has 3 aliphatic heterocycles. The van der Waals surface area contributed by atoms with E-state index in [4.69, 9.17) is 33.2 Å².